The molecule has 0 atom stereocenters. The molecule has 2 aromatic carbocycles. The molecule has 0 bridgehead atoms. The van der Waals surface area contributed by atoms with Gasteiger partial charge < -0.3 is 9.72 Å². The molecule has 5 heteroatoms. The molecular weight excluding hydrogens is 354 g/mol. The number of H-pyrrole nitrogens is 1. The molecule has 1 aliphatic rings. The van der Waals surface area contributed by atoms with E-state index in [1.54, 1.807) is 12.4 Å². The van der Waals surface area contributed by atoms with Gasteiger partial charge in [0.2, 0.25) is 5.88 Å². The summed E-state index contributed by atoms with van der Waals surface area (Å²) in [5.74, 6) is 1.29. The van der Waals surface area contributed by atoms with Crippen LogP contribution in [0.3, 0.4) is 0 Å². The third kappa shape index (κ3) is 1.83. The van der Waals surface area contributed by atoms with Crippen molar-refractivity contribution in [3.05, 3.63) is 59.3 Å². The van der Waals surface area contributed by atoms with Gasteiger partial charge in [-0.1, -0.05) is 34.1 Å². The fraction of sp³-hybridized carbons (Fsp3) is 0. The highest BCUT2D eigenvalue weighted by atomic mass is 79.9. The number of benzene rings is 2. The van der Waals surface area contributed by atoms with Gasteiger partial charge in [0.1, 0.15) is 11.4 Å². The first-order chi connectivity index (χ1) is 11.3. The maximum Gasteiger partial charge on any atom is 0.246 e. The summed E-state index contributed by atoms with van der Waals surface area (Å²) in [7, 11) is 0. The molecule has 0 amide bonds. The van der Waals surface area contributed by atoms with Crippen LogP contribution in [-0.4, -0.2) is 15.0 Å². The van der Waals surface area contributed by atoms with Crippen molar-refractivity contribution < 1.29 is 4.74 Å². The van der Waals surface area contributed by atoms with Gasteiger partial charge in [-0.15, -0.1) is 0 Å². The predicted molar refractivity (Wildman–Crippen MR) is 92.5 cm³/mol. The Morgan fingerprint density at radius 3 is 2.83 bits per heavy atom. The molecule has 0 saturated heterocycles. The smallest absolute Gasteiger partial charge is 0.246 e. The van der Waals surface area contributed by atoms with Crippen molar-refractivity contribution in [1.29, 1.82) is 0 Å². The Hall–Kier alpha value is -2.66. The molecule has 23 heavy (non-hydrogen) atoms. The Kier molecular flexibility index (Phi) is 2.60. The number of halogens is 1. The lowest BCUT2D eigenvalue weighted by molar-refractivity contribution is 0.465. The number of aromatic nitrogens is 3. The fourth-order valence-corrected chi connectivity index (χ4v) is 3.41. The Morgan fingerprint density at radius 1 is 1.00 bits per heavy atom. The summed E-state index contributed by atoms with van der Waals surface area (Å²) < 4.78 is 7.03. The fourth-order valence-electron chi connectivity index (χ4n) is 3.05. The van der Waals surface area contributed by atoms with Gasteiger partial charge >= 0.3 is 0 Å². The van der Waals surface area contributed by atoms with Crippen LogP contribution in [0.1, 0.15) is 0 Å². The van der Waals surface area contributed by atoms with E-state index in [4.69, 9.17) is 4.74 Å². The molecule has 5 rings (SSSR count). The molecule has 1 aliphatic heterocycles. The van der Waals surface area contributed by atoms with E-state index < -0.39 is 0 Å². The molecule has 4 nitrogen and oxygen atoms in total. The minimum Gasteiger partial charge on any atom is -0.436 e. The van der Waals surface area contributed by atoms with Crippen LogP contribution in [-0.2, 0) is 0 Å². The molecule has 110 valence electrons. The molecule has 2 aromatic heterocycles. The monoisotopic (exact) mass is 363 g/mol. The van der Waals surface area contributed by atoms with Crippen LogP contribution in [0.15, 0.2) is 59.3 Å². The highest BCUT2D eigenvalue weighted by Crippen LogP contribution is 2.48. The van der Waals surface area contributed by atoms with Crippen molar-refractivity contribution in [2.45, 2.75) is 0 Å². The Balaban J connectivity index is 1.99. The van der Waals surface area contributed by atoms with Crippen LogP contribution in [0.4, 0.5) is 0 Å². The predicted octanol–water partition coefficient (Wildman–Crippen LogP) is 5.16. The number of nitrogens with zero attached hydrogens (tertiary/aromatic N) is 2. The second-order valence-electron chi connectivity index (χ2n) is 5.37. The molecule has 4 aromatic rings. The largest absolute Gasteiger partial charge is 0.436 e. The Morgan fingerprint density at radius 2 is 1.87 bits per heavy atom. The van der Waals surface area contributed by atoms with E-state index in [2.05, 4.69) is 49.1 Å². The minimum atomic E-state index is 0.527. The first-order valence-corrected chi connectivity index (χ1v) is 8.00. The van der Waals surface area contributed by atoms with Crippen LogP contribution in [0.5, 0.6) is 11.6 Å². The van der Waals surface area contributed by atoms with Gasteiger partial charge in [0, 0.05) is 38.9 Å². The molecular formula is C18H10BrN3O. The number of para-hydroxylation sites is 1. The van der Waals surface area contributed by atoms with Crippen molar-refractivity contribution in [1.82, 2.24) is 15.0 Å². The highest BCUT2D eigenvalue weighted by molar-refractivity contribution is 9.10. The van der Waals surface area contributed by atoms with Crippen molar-refractivity contribution in [3.63, 3.8) is 0 Å². The summed E-state index contributed by atoms with van der Waals surface area (Å²) in [6.07, 6.45) is 3.34. The first-order valence-electron chi connectivity index (χ1n) is 7.21. The van der Waals surface area contributed by atoms with Crippen molar-refractivity contribution in [2.75, 3.05) is 0 Å². The maximum atomic E-state index is 6.03. The van der Waals surface area contributed by atoms with Gasteiger partial charge in [0.15, 0.2) is 0 Å². The van der Waals surface area contributed by atoms with Crippen LogP contribution >= 0.6 is 15.9 Å². The van der Waals surface area contributed by atoms with Gasteiger partial charge in [-0.2, -0.15) is 0 Å². The number of hydrogen-bond acceptors (Lipinski definition) is 3. The van der Waals surface area contributed by atoms with E-state index in [1.165, 1.54) is 0 Å². The summed E-state index contributed by atoms with van der Waals surface area (Å²) in [6.45, 7) is 0. The normalized spacial score (nSPS) is 12.0. The zero-order valence-electron chi connectivity index (χ0n) is 11.9. The van der Waals surface area contributed by atoms with Gasteiger partial charge in [-0.3, -0.25) is 0 Å². The molecule has 0 saturated carbocycles. The Labute approximate surface area is 140 Å². The summed E-state index contributed by atoms with van der Waals surface area (Å²) in [5, 5.41) is 1.11. The average molecular weight is 364 g/mol. The molecule has 0 aliphatic carbocycles. The summed E-state index contributed by atoms with van der Waals surface area (Å²) in [5.41, 5.74) is 4.85. The lowest BCUT2D eigenvalue weighted by atomic mass is 10.0. The van der Waals surface area contributed by atoms with E-state index in [0.29, 0.717) is 5.88 Å². The van der Waals surface area contributed by atoms with E-state index in [9.17, 15) is 0 Å². The van der Waals surface area contributed by atoms with E-state index >= 15 is 0 Å². The lowest BCUT2D eigenvalue weighted by Gasteiger charge is -2.07. The average Bonchev–Trinajstić information content (AvgIpc) is 2.90. The zero-order chi connectivity index (χ0) is 15.4. The molecule has 0 unspecified atom stereocenters. The second kappa shape index (κ2) is 4.67. The number of ether oxygens (including phenoxy) is 1. The van der Waals surface area contributed by atoms with Crippen LogP contribution < -0.4 is 4.74 Å². The van der Waals surface area contributed by atoms with E-state index in [1.807, 2.05) is 24.3 Å². The number of aromatic amines is 1. The number of hydrogen-bond donors (Lipinski definition) is 1. The minimum absolute atomic E-state index is 0.527. The third-order valence-corrected chi connectivity index (χ3v) is 4.52. The molecule has 0 radical (unpaired) electrons. The maximum absolute atomic E-state index is 6.03. The summed E-state index contributed by atoms with van der Waals surface area (Å²) >= 11 is 3.55. The van der Waals surface area contributed by atoms with E-state index in [0.717, 1.165) is 43.6 Å². The standard InChI is InChI=1S/C18H10BrN3O/c19-10-5-6-14-12(9-10)16-15(11-3-1-2-4-13(11)22-16)17-18(23-14)21-8-7-20-17/h1-9,22H. The van der Waals surface area contributed by atoms with Gasteiger partial charge in [-0.05, 0) is 24.3 Å². The molecule has 1 N–H and O–H groups in total. The first kappa shape index (κ1) is 12.8. The molecule has 3 heterocycles. The van der Waals surface area contributed by atoms with Gasteiger partial charge in [-0.25, -0.2) is 9.97 Å². The van der Waals surface area contributed by atoms with Crippen LogP contribution in [0, 0.1) is 0 Å². The summed E-state index contributed by atoms with van der Waals surface area (Å²) in [6, 6.07) is 14.2. The summed E-state index contributed by atoms with van der Waals surface area (Å²) in [4.78, 5) is 12.4. The van der Waals surface area contributed by atoms with Crippen molar-refractivity contribution in [2.24, 2.45) is 0 Å². The lowest BCUT2D eigenvalue weighted by Crippen LogP contribution is -1.91. The molecule has 0 spiro atoms. The van der Waals surface area contributed by atoms with Crippen molar-refractivity contribution >= 4 is 26.8 Å². The Bertz CT molecular complexity index is 1070. The van der Waals surface area contributed by atoms with Crippen LogP contribution in [0.2, 0.25) is 0 Å². The SMILES string of the molecule is Brc1ccc2c(c1)-c1[nH]c3ccccc3c1-c1nccnc1O2. The number of fused-ring (bicyclic) bond motifs is 7. The second-order valence-corrected chi connectivity index (χ2v) is 6.29. The topological polar surface area (TPSA) is 50.8 Å². The number of rotatable bonds is 0. The highest BCUT2D eigenvalue weighted by Gasteiger charge is 2.26. The quantitative estimate of drug-likeness (QED) is 0.413. The number of nitrogens with one attached hydrogen (secondary N) is 1. The van der Waals surface area contributed by atoms with Gasteiger partial charge in [0.25, 0.3) is 0 Å². The van der Waals surface area contributed by atoms with Crippen LogP contribution in [0.25, 0.3) is 33.4 Å². The third-order valence-electron chi connectivity index (χ3n) is 4.03. The van der Waals surface area contributed by atoms with E-state index in [-0.39, 0.29) is 0 Å². The zero-order valence-corrected chi connectivity index (χ0v) is 13.5. The van der Waals surface area contributed by atoms with Crippen molar-refractivity contribution in [3.8, 4) is 34.1 Å². The molecule has 0 fully saturated rings. The van der Waals surface area contributed by atoms with Gasteiger partial charge in [0.05, 0.1) is 5.69 Å².